The first-order valence-corrected chi connectivity index (χ1v) is 6.49. The number of para-hydroxylation sites is 1. The Labute approximate surface area is 121 Å². The van der Waals surface area contributed by atoms with Gasteiger partial charge in [-0.1, -0.05) is 53.1 Å². The Morgan fingerprint density at radius 2 is 1.71 bits per heavy atom. The van der Waals surface area contributed by atoms with Gasteiger partial charge in [0.15, 0.2) is 0 Å². The number of hydrogen-bond acceptors (Lipinski definition) is 5. The van der Waals surface area contributed by atoms with Crippen LogP contribution in [0.1, 0.15) is 21.8 Å². The van der Waals surface area contributed by atoms with E-state index in [0.29, 0.717) is 5.56 Å². The molecule has 3 aromatic rings. The number of hydrogen-bond donors (Lipinski definition) is 1. The van der Waals surface area contributed by atoms with Gasteiger partial charge in [0.25, 0.3) is 5.89 Å². The van der Waals surface area contributed by atoms with Crippen molar-refractivity contribution < 1.29 is 9.21 Å². The number of aromatic nitrogens is 2. The molecule has 21 heavy (non-hydrogen) atoms. The fraction of sp³-hybridized carbons (Fsp3) is 0.0625. The van der Waals surface area contributed by atoms with Gasteiger partial charge in [0.2, 0.25) is 5.78 Å². The lowest BCUT2D eigenvalue weighted by molar-refractivity contribution is 0.100. The van der Waals surface area contributed by atoms with Crippen molar-refractivity contribution in [2.45, 2.75) is 6.92 Å². The number of anilines is 2. The van der Waals surface area contributed by atoms with Crippen LogP contribution in [0.4, 0.5) is 11.7 Å². The predicted octanol–water partition coefficient (Wildman–Crippen LogP) is 3.35. The van der Waals surface area contributed by atoms with Crippen LogP contribution in [-0.4, -0.2) is 16.0 Å². The summed E-state index contributed by atoms with van der Waals surface area (Å²) in [5.74, 6) is -0.319. The lowest BCUT2D eigenvalue weighted by atomic mass is 10.1. The van der Waals surface area contributed by atoms with Gasteiger partial charge in [0, 0.05) is 11.3 Å². The zero-order chi connectivity index (χ0) is 14.7. The number of rotatable bonds is 4. The van der Waals surface area contributed by atoms with Gasteiger partial charge in [-0.05, 0) is 19.1 Å². The molecule has 0 atom stereocenters. The van der Waals surface area contributed by atoms with Gasteiger partial charge in [0.05, 0.1) is 0 Å². The van der Waals surface area contributed by atoms with E-state index in [2.05, 4.69) is 15.5 Å². The normalized spacial score (nSPS) is 10.3. The van der Waals surface area contributed by atoms with Crippen LogP contribution in [0.15, 0.2) is 59.0 Å². The van der Waals surface area contributed by atoms with E-state index in [4.69, 9.17) is 4.42 Å². The first-order chi connectivity index (χ1) is 10.2. The average molecular weight is 279 g/mol. The second kappa shape index (κ2) is 5.58. The molecule has 0 aliphatic carbocycles. The van der Waals surface area contributed by atoms with Gasteiger partial charge in [-0.25, -0.2) is 0 Å². The monoisotopic (exact) mass is 279 g/mol. The van der Waals surface area contributed by atoms with Crippen LogP contribution in [-0.2, 0) is 0 Å². The zero-order valence-corrected chi connectivity index (χ0v) is 11.4. The number of nitrogens with one attached hydrogen (secondary N) is 1. The molecular formula is C16H13N3O2. The fourth-order valence-corrected chi connectivity index (χ4v) is 1.84. The summed E-state index contributed by atoms with van der Waals surface area (Å²) >= 11 is 0. The molecule has 0 saturated carbocycles. The van der Waals surface area contributed by atoms with Crippen LogP contribution in [0.25, 0.3) is 0 Å². The average Bonchev–Trinajstić information content (AvgIpc) is 2.97. The number of aryl methyl sites for hydroxylation is 1. The van der Waals surface area contributed by atoms with E-state index in [1.807, 2.05) is 49.4 Å². The number of nitrogens with zero attached hydrogens (tertiary/aromatic N) is 2. The molecule has 0 spiro atoms. The first-order valence-electron chi connectivity index (χ1n) is 6.49. The summed E-state index contributed by atoms with van der Waals surface area (Å²) in [6.07, 6.45) is 0. The Morgan fingerprint density at radius 3 is 2.43 bits per heavy atom. The van der Waals surface area contributed by atoms with Gasteiger partial charge in [-0.2, -0.15) is 0 Å². The van der Waals surface area contributed by atoms with Gasteiger partial charge in [-0.15, -0.1) is 5.10 Å². The maximum absolute atomic E-state index is 12.2. The van der Waals surface area contributed by atoms with Crippen LogP contribution >= 0.6 is 0 Å². The molecule has 1 N–H and O–H groups in total. The van der Waals surface area contributed by atoms with E-state index >= 15 is 0 Å². The van der Waals surface area contributed by atoms with Crippen LogP contribution in [0.2, 0.25) is 0 Å². The minimum absolute atomic E-state index is 0.0303. The minimum atomic E-state index is -0.288. The maximum Gasteiger partial charge on any atom is 0.320 e. The van der Waals surface area contributed by atoms with E-state index in [-0.39, 0.29) is 17.7 Å². The number of carbonyl (C=O) groups excluding carboxylic acids is 1. The Bertz CT molecular complexity index is 749. The van der Waals surface area contributed by atoms with Gasteiger partial charge < -0.3 is 9.73 Å². The fourth-order valence-electron chi connectivity index (χ4n) is 1.84. The molecule has 0 aliphatic rings. The lowest BCUT2D eigenvalue weighted by Gasteiger charge is -1.99. The maximum atomic E-state index is 12.2. The molecule has 5 nitrogen and oxygen atoms in total. The third-order valence-electron chi connectivity index (χ3n) is 2.96. The summed E-state index contributed by atoms with van der Waals surface area (Å²) in [7, 11) is 0. The van der Waals surface area contributed by atoms with Crippen LogP contribution in [0, 0.1) is 6.92 Å². The highest BCUT2D eigenvalue weighted by molar-refractivity contribution is 6.05. The molecule has 0 fully saturated rings. The molecule has 104 valence electrons. The molecule has 0 bridgehead atoms. The van der Waals surface area contributed by atoms with Gasteiger partial charge >= 0.3 is 6.01 Å². The predicted molar refractivity (Wildman–Crippen MR) is 78.6 cm³/mol. The third kappa shape index (κ3) is 2.97. The summed E-state index contributed by atoms with van der Waals surface area (Å²) < 4.78 is 5.35. The highest BCUT2D eigenvalue weighted by Gasteiger charge is 2.16. The largest absolute Gasteiger partial charge is 0.400 e. The van der Waals surface area contributed by atoms with Crippen molar-refractivity contribution in [2.24, 2.45) is 0 Å². The minimum Gasteiger partial charge on any atom is -0.400 e. The summed E-state index contributed by atoms with van der Waals surface area (Å²) in [4.78, 5) is 12.2. The molecule has 3 rings (SSSR count). The van der Waals surface area contributed by atoms with Crippen molar-refractivity contribution in [3.8, 4) is 0 Å². The molecule has 1 aromatic heterocycles. The Kier molecular flexibility index (Phi) is 3.47. The summed E-state index contributed by atoms with van der Waals surface area (Å²) in [5.41, 5.74) is 2.43. The van der Waals surface area contributed by atoms with Crippen molar-refractivity contribution in [2.75, 3.05) is 5.32 Å². The van der Waals surface area contributed by atoms with Crippen molar-refractivity contribution in [1.29, 1.82) is 0 Å². The third-order valence-corrected chi connectivity index (χ3v) is 2.96. The molecule has 2 aromatic carbocycles. The van der Waals surface area contributed by atoms with Gasteiger partial charge in [-0.3, -0.25) is 4.79 Å². The molecule has 0 amide bonds. The summed E-state index contributed by atoms with van der Waals surface area (Å²) in [6, 6.07) is 16.8. The quantitative estimate of drug-likeness (QED) is 0.742. The Morgan fingerprint density at radius 1 is 1.00 bits per heavy atom. The van der Waals surface area contributed by atoms with Crippen LogP contribution in [0.3, 0.4) is 0 Å². The van der Waals surface area contributed by atoms with E-state index in [1.165, 1.54) is 0 Å². The summed E-state index contributed by atoms with van der Waals surface area (Å²) in [5, 5.41) is 10.6. The van der Waals surface area contributed by atoms with E-state index < -0.39 is 0 Å². The van der Waals surface area contributed by atoms with E-state index in [1.54, 1.807) is 12.1 Å². The molecule has 0 saturated heterocycles. The van der Waals surface area contributed by atoms with Crippen molar-refractivity contribution >= 4 is 17.5 Å². The Hall–Kier alpha value is -2.95. The number of benzene rings is 2. The standard InChI is InChI=1S/C16H13N3O2/c1-11-7-9-12(10-8-11)14(20)15-18-19-16(21-15)17-13-5-3-2-4-6-13/h2-10H,1H3,(H,17,19). The van der Waals surface area contributed by atoms with Crippen molar-refractivity contribution in [3.05, 3.63) is 71.6 Å². The van der Waals surface area contributed by atoms with Crippen LogP contribution < -0.4 is 5.32 Å². The van der Waals surface area contributed by atoms with Crippen molar-refractivity contribution in [3.63, 3.8) is 0 Å². The summed E-state index contributed by atoms with van der Waals surface area (Å²) in [6.45, 7) is 1.96. The molecule has 1 heterocycles. The highest BCUT2D eigenvalue weighted by Crippen LogP contribution is 2.16. The molecule has 0 aliphatic heterocycles. The smallest absolute Gasteiger partial charge is 0.320 e. The second-order valence-electron chi connectivity index (χ2n) is 4.60. The van der Waals surface area contributed by atoms with E-state index in [9.17, 15) is 4.79 Å². The molecular weight excluding hydrogens is 266 g/mol. The zero-order valence-electron chi connectivity index (χ0n) is 11.4. The molecule has 0 unspecified atom stereocenters. The number of carbonyl (C=O) groups is 1. The van der Waals surface area contributed by atoms with E-state index in [0.717, 1.165) is 11.3 Å². The molecule has 5 heteroatoms. The topological polar surface area (TPSA) is 68.0 Å². The first kappa shape index (κ1) is 13.1. The molecule has 0 radical (unpaired) electrons. The number of ketones is 1. The highest BCUT2D eigenvalue weighted by atomic mass is 16.4. The second-order valence-corrected chi connectivity index (χ2v) is 4.60. The van der Waals surface area contributed by atoms with Gasteiger partial charge in [0.1, 0.15) is 0 Å². The SMILES string of the molecule is Cc1ccc(C(=O)c2nnc(Nc3ccccc3)o2)cc1. The lowest BCUT2D eigenvalue weighted by Crippen LogP contribution is -2.01. The van der Waals surface area contributed by atoms with Crippen LogP contribution in [0.5, 0.6) is 0 Å². The Balaban J connectivity index is 1.78. The van der Waals surface area contributed by atoms with Crippen molar-refractivity contribution in [1.82, 2.24) is 10.2 Å².